The van der Waals surface area contributed by atoms with Gasteiger partial charge in [-0.15, -0.1) is 0 Å². The van der Waals surface area contributed by atoms with Gasteiger partial charge in [-0.1, -0.05) is 0 Å². The molecular formula is C13H27B2O4. The molecule has 6 heteroatoms. The molecule has 1 saturated heterocycles. The molecule has 1 fully saturated rings. The van der Waals surface area contributed by atoms with E-state index in [1.54, 1.807) is 13.8 Å². The van der Waals surface area contributed by atoms with Gasteiger partial charge in [0.15, 0.2) is 7.17 Å². The quantitative estimate of drug-likeness (QED) is 0.773. The average Bonchev–Trinajstić information content (AvgIpc) is 2.32. The first-order chi connectivity index (χ1) is 8.29. The van der Waals surface area contributed by atoms with E-state index < -0.39 is 11.2 Å². The Labute approximate surface area is 118 Å². The largest absolute Gasteiger partial charge is 0.410 e. The molecule has 1 rings (SSSR count). The lowest BCUT2D eigenvalue weighted by atomic mass is 9.44. The molecular weight excluding hydrogens is 242 g/mol. The Hall–Kier alpha value is -0.0301. The molecule has 1 N–H and O–H groups in total. The zero-order valence-corrected chi connectivity index (χ0v) is 13.5. The summed E-state index contributed by atoms with van der Waals surface area (Å²) in [5.41, 5.74) is -2.20. The maximum absolute atomic E-state index is 10.0. The van der Waals surface area contributed by atoms with Crippen molar-refractivity contribution in [2.24, 2.45) is 0 Å². The molecule has 0 atom stereocenters. The smallest absolute Gasteiger partial charge is 0.401 e. The van der Waals surface area contributed by atoms with Gasteiger partial charge in [0.2, 0.25) is 0 Å². The fraction of sp³-hybridized carbons (Fsp3) is 1.00. The number of ether oxygens (including phenoxy) is 1. The van der Waals surface area contributed by atoms with Crippen molar-refractivity contribution in [1.82, 2.24) is 0 Å². The molecule has 0 aromatic carbocycles. The average molecular weight is 269 g/mol. The zero-order chi connectivity index (χ0) is 15.1. The Kier molecular flexibility index (Phi) is 4.54. The molecule has 0 bridgehead atoms. The van der Waals surface area contributed by atoms with Crippen molar-refractivity contribution in [1.29, 1.82) is 0 Å². The standard InChI is InChI=1S/C13H27B2O4/c1-10(2,16)11(3,4)17-9-14-15-18-12(5,6)13(7,8)19-15/h16H,9H2,1-8H3. The van der Waals surface area contributed by atoms with Crippen LogP contribution in [-0.4, -0.2) is 48.2 Å². The van der Waals surface area contributed by atoms with Gasteiger partial charge in [-0.3, -0.25) is 0 Å². The third kappa shape index (κ3) is 3.75. The van der Waals surface area contributed by atoms with Crippen LogP contribution in [-0.2, 0) is 14.0 Å². The lowest BCUT2D eigenvalue weighted by Gasteiger charge is -2.37. The van der Waals surface area contributed by atoms with Crippen molar-refractivity contribution in [3.63, 3.8) is 0 Å². The number of aliphatic hydroxyl groups is 1. The molecule has 109 valence electrons. The van der Waals surface area contributed by atoms with Gasteiger partial charge in [-0.05, 0) is 55.4 Å². The molecule has 0 amide bonds. The number of hydrogen-bond acceptors (Lipinski definition) is 4. The summed E-state index contributed by atoms with van der Waals surface area (Å²) in [5.74, 6) is 0. The van der Waals surface area contributed by atoms with Gasteiger partial charge in [-0.25, -0.2) is 0 Å². The fourth-order valence-corrected chi connectivity index (χ4v) is 1.50. The van der Waals surface area contributed by atoms with Crippen LogP contribution in [0.15, 0.2) is 0 Å². The van der Waals surface area contributed by atoms with E-state index in [-0.39, 0.29) is 18.2 Å². The van der Waals surface area contributed by atoms with E-state index in [4.69, 9.17) is 14.0 Å². The summed E-state index contributed by atoms with van der Waals surface area (Å²) in [6, 6.07) is 0. The zero-order valence-electron chi connectivity index (χ0n) is 13.5. The maximum atomic E-state index is 10.0. The summed E-state index contributed by atoms with van der Waals surface area (Å²) in [6.45, 7) is 15.6. The number of rotatable bonds is 5. The van der Waals surface area contributed by atoms with Crippen LogP contribution in [0.4, 0.5) is 0 Å². The van der Waals surface area contributed by atoms with E-state index in [1.807, 2.05) is 48.7 Å². The van der Waals surface area contributed by atoms with Gasteiger partial charge < -0.3 is 19.2 Å². The van der Waals surface area contributed by atoms with Crippen LogP contribution in [0.5, 0.6) is 0 Å². The van der Waals surface area contributed by atoms with Crippen LogP contribution in [0.1, 0.15) is 55.4 Å². The summed E-state index contributed by atoms with van der Waals surface area (Å²) in [6.07, 6.45) is 0. The minimum absolute atomic E-state index is 0.333. The topological polar surface area (TPSA) is 47.9 Å². The highest BCUT2D eigenvalue weighted by Gasteiger charge is 2.50. The molecule has 1 aliphatic rings. The molecule has 1 heterocycles. The molecule has 0 spiro atoms. The first-order valence-corrected chi connectivity index (χ1v) is 6.84. The van der Waals surface area contributed by atoms with Crippen molar-refractivity contribution in [2.45, 2.75) is 77.8 Å². The Morgan fingerprint density at radius 2 is 1.47 bits per heavy atom. The van der Waals surface area contributed by atoms with E-state index in [0.29, 0.717) is 6.51 Å². The molecule has 0 aliphatic carbocycles. The maximum Gasteiger partial charge on any atom is 0.401 e. The Morgan fingerprint density at radius 1 is 1.05 bits per heavy atom. The van der Waals surface area contributed by atoms with E-state index in [1.165, 1.54) is 0 Å². The van der Waals surface area contributed by atoms with Gasteiger partial charge in [-0.2, -0.15) is 0 Å². The first kappa shape index (κ1) is 17.0. The van der Waals surface area contributed by atoms with Gasteiger partial charge in [0.05, 0.1) is 22.4 Å². The van der Waals surface area contributed by atoms with Gasteiger partial charge in [0.25, 0.3) is 0 Å². The van der Waals surface area contributed by atoms with Crippen LogP contribution in [0.3, 0.4) is 0 Å². The first-order valence-electron chi connectivity index (χ1n) is 6.84. The Bertz CT molecular complexity index is 305. The van der Waals surface area contributed by atoms with Gasteiger partial charge in [0, 0.05) is 6.51 Å². The second-order valence-electron chi connectivity index (χ2n) is 7.24. The van der Waals surface area contributed by atoms with Crippen LogP contribution in [0, 0.1) is 0 Å². The molecule has 1 radical (unpaired) electrons. The minimum atomic E-state index is -0.906. The Balaban J connectivity index is 2.45. The van der Waals surface area contributed by atoms with Gasteiger partial charge in [0.1, 0.15) is 0 Å². The van der Waals surface area contributed by atoms with Crippen molar-refractivity contribution in [3.8, 4) is 0 Å². The lowest BCUT2D eigenvalue weighted by Crippen LogP contribution is -2.48. The second kappa shape index (κ2) is 5.06. The van der Waals surface area contributed by atoms with E-state index in [0.717, 1.165) is 0 Å². The third-order valence-corrected chi connectivity index (χ3v) is 4.48. The Morgan fingerprint density at radius 3 is 1.84 bits per heavy atom. The SMILES string of the molecule is CC(C)(O)C(C)(C)OC[B]B1OC(C)(C)C(C)(C)O1. The molecule has 4 nitrogen and oxygen atoms in total. The normalized spacial score (nSPS) is 22.7. The van der Waals surface area contributed by atoms with Crippen molar-refractivity contribution in [2.75, 3.05) is 6.51 Å². The van der Waals surface area contributed by atoms with Crippen LogP contribution in [0.2, 0.25) is 0 Å². The molecule has 1 aliphatic heterocycles. The molecule has 0 unspecified atom stereocenters. The molecule has 19 heavy (non-hydrogen) atoms. The summed E-state index contributed by atoms with van der Waals surface area (Å²) >= 11 is 0. The van der Waals surface area contributed by atoms with E-state index in [9.17, 15) is 5.11 Å². The molecule has 0 aromatic heterocycles. The summed E-state index contributed by atoms with van der Waals surface area (Å²) in [5, 5.41) is 10.0. The fourth-order valence-electron chi connectivity index (χ4n) is 1.50. The number of hydrogen-bond donors (Lipinski definition) is 1. The minimum Gasteiger partial charge on any atom is -0.410 e. The summed E-state index contributed by atoms with van der Waals surface area (Å²) < 4.78 is 17.4. The molecule has 0 saturated carbocycles. The van der Waals surface area contributed by atoms with E-state index in [2.05, 4.69) is 0 Å². The van der Waals surface area contributed by atoms with E-state index >= 15 is 0 Å². The van der Waals surface area contributed by atoms with Crippen LogP contribution in [0.25, 0.3) is 0 Å². The lowest BCUT2D eigenvalue weighted by molar-refractivity contribution is -0.135. The highest BCUT2D eigenvalue weighted by Crippen LogP contribution is 2.36. The van der Waals surface area contributed by atoms with Crippen LogP contribution < -0.4 is 0 Å². The molecule has 0 aromatic rings. The van der Waals surface area contributed by atoms with Crippen LogP contribution >= 0.6 is 0 Å². The third-order valence-electron chi connectivity index (χ3n) is 4.48. The highest BCUT2D eigenvalue weighted by molar-refractivity contribution is 7.06. The monoisotopic (exact) mass is 269 g/mol. The van der Waals surface area contributed by atoms with Crippen molar-refractivity contribution >= 4 is 14.2 Å². The highest BCUT2D eigenvalue weighted by atomic mass is 16.7. The predicted molar refractivity (Wildman–Crippen MR) is 78.2 cm³/mol. The summed E-state index contributed by atoms with van der Waals surface area (Å²) in [7, 11) is 1.48. The predicted octanol–water partition coefficient (Wildman–Crippen LogP) is 1.80. The van der Waals surface area contributed by atoms with Crippen molar-refractivity contribution in [3.05, 3.63) is 0 Å². The van der Waals surface area contributed by atoms with Gasteiger partial charge >= 0.3 is 7.01 Å². The van der Waals surface area contributed by atoms with Crippen molar-refractivity contribution < 1.29 is 19.2 Å². The summed E-state index contributed by atoms with van der Waals surface area (Å²) in [4.78, 5) is 0. The second-order valence-corrected chi connectivity index (χ2v) is 7.24.